The smallest absolute Gasteiger partial charge is 0.263 e. The van der Waals surface area contributed by atoms with E-state index in [1.807, 2.05) is 24.3 Å². The first-order chi connectivity index (χ1) is 12.6. The first-order valence-corrected chi connectivity index (χ1v) is 8.97. The highest BCUT2D eigenvalue weighted by Gasteiger charge is 2.47. The van der Waals surface area contributed by atoms with Crippen LogP contribution < -0.4 is 0 Å². The molecule has 1 saturated heterocycles. The van der Waals surface area contributed by atoms with Crippen LogP contribution in [0, 0.1) is 6.92 Å². The molecule has 0 N–H and O–H groups in total. The lowest BCUT2D eigenvalue weighted by atomic mass is 9.94. The number of imide groups is 2. The standard InChI is InChI=1S/C19H20N4O3/c1-12-16(21-15-10-6-5-9-14(15)20-12)11-22-17(24)18(25)23(19(22)26)13-7-3-2-4-8-13/h5-6,9-10,13H,2-4,7-8,11H2,1H3. The monoisotopic (exact) mass is 352 g/mol. The molecule has 4 rings (SSSR count). The second-order valence-electron chi connectivity index (χ2n) is 6.89. The van der Waals surface area contributed by atoms with Gasteiger partial charge >= 0.3 is 17.8 Å². The molecular weight excluding hydrogens is 332 g/mol. The number of carbonyl (C=O) groups excluding carboxylic acids is 3. The van der Waals surface area contributed by atoms with Crippen LogP contribution in [-0.2, 0) is 16.1 Å². The van der Waals surface area contributed by atoms with Gasteiger partial charge in [-0.1, -0.05) is 31.4 Å². The Balaban J connectivity index is 1.62. The molecule has 1 aliphatic carbocycles. The molecule has 0 radical (unpaired) electrons. The number of carbonyl (C=O) groups is 3. The summed E-state index contributed by atoms with van der Waals surface area (Å²) in [6.45, 7) is 1.76. The molecule has 2 heterocycles. The summed E-state index contributed by atoms with van der Waals surface area (Å²) in [5.41, 5.74) is 2.63. The van der Waals surface area contributed by atoms with Gasteiger partial charge in [-0.05, 0) is 31.9 Å². The third-order valence-corrected chi connectivity index (χ3v) is 5.17. The zero-order chi connectivity index (χ0) is 18.3. The number of hydrogen-bond acceptors (Lipinski definition) is 5. The van der Waals surface area contributed by atoms with Crippen molar-refractivity contribution < 1.29 is 14.4 Å². The number of urea groups is 1. The molecule has 1 aromatic carbocycles. The van der Waals surface area contributed by atoms with E-state index in [1.54, 1.807) is 6.92 Å². The lowest BCUT2D eigenvalue weighted by Gasteiger charge is -2.28. The number of amides is 4. The molecule has 134 valence electrons. The Bertz CT molecular complexity index is 905. The maximum atomic E-state index is 12.8. The third kappa shape index (κ3) is 2.73. The Hall–Kier alpha value is -2.83. The third-order valence-electron chi connectivity index (χ3n) is 5.17. The van der Waals surface area contributed by atoms with Crippen molar-refractivity contribution >= 4 is 28.9 Å². The molecule has 0 unspecified atom stereocenters. The van der Waals surface area contributed by atoms with Gasteiger partial charge in [0.15, 0.2) is 0 Å². The number of aromatic nitrogens is 2. The predicted octanol–water partition coefficient (Wildman–Crippen LogP) is 2.56. The van der Waals surface area contributed by atoms with Crippen molar-refractivity contribution in [2.45, 2.75) is 51.6 Å². The lowest BCUT2D eigenvalue weighted by Crippen LogP contribution is -2.42. The second kappa shape index (κ2) is 6.48. The summed E-state index contributed by atoms with van der Waals surface area (Å²) in [4.78, 5) is 48.7. The fourth-order valence-corrected chi connectivity index (χ4v) is 3.75. The largest absolute Gasteiger partial charge is 0.334 e. The van der Waals surface area contributed by atoms with E-state index in [2.05, 4.69) is 9.97 Å². The Kier molecular flexibility index (Phi) is 4.14. The highest BCUT2D eigenvalue weighted by atomic mass is 16.2. The molecule has 1 saturated carbocycles. The zero-order valence-corrected chi connectivity index (χ0v) is 14.6. The van der Waals surface area contributed by atoms with Crippen LogP contribution in [0.3, 0.4) is 0 Å². The highest BCUT2D eigenvalue weighted by Crippen LogP contribution is 2.27. The predicted molar refractivity (Wildman–Crippen MR) is 93.9 cm³/mol. The van der Waals surface area contributed by atoms with Crippen LogP contribution in [0.1, 0.15) is 43.5 Å². The van der Waals surface area contributed by atoms with Gasteiger partial charge in [-0.2, -0.15) is 0 Å². The SMILES string of the molecule is Cc1nc2ccccc2nc1CN1C(=O)C(=O)N(C2CCCCC2)C1=O. The van der Waals surface area contributed by atoms with Crippen LogP contribution >= 0.6 is 0 Å². The van der Waals surface area contributed by atoms with E-state index in [9.17, 15) is 14.4 Å². The van der Waals surface area contributed by atoms with E-state index in [4.69, 9.17) is 0 Å². The van der Waals surface area contributed by atoms with Crippen LogP contribution in [-0.4, -0.2) is 43.7 Å². The molecule has 1 aliphatic heterocycles. The van der Waals surface area contributed by atoms with Gasteiger partial charge in [-0.15, -0.1) is 0 Å². The van der Waals surface area contributed by atoms with Crippen molar-refractivity contribution in [1.82, 2.24) is 19.8 Å². The van der Waals surface area contributed by atoms with Crippen LogP contribution in [0.4, 0.5) is 4.79 Å². The van der Waals surface area contributed by atoms with Crippen LogP contribution in [0.15, 0.2) is 24.3 Å². The van der Waals surface area contributed by atoms with Gasteiger partial charge < -0.3 is 0 Å². The number of aryl methyl sites for hydroxylation is 1. The minimum Gasteiger partial charge on any atom is -0.263 e. The minimum absolute atomic E-state index is 0.0315. The van der Waals surface area contributed by atoms with Crippen molar-refractivity contribution in [1.29, 1.82) is 0 Å². The first kappa shape index (κ1) is 16.6. The van der Waals surface area contributed by atoms with E-state index in [0.717, 1.165) is 47.4 Å². The van der Waals surface area contributed by atoms with Crippen molar-refractivity contribution in [3.63, 3.8) is 0 Å². The van der Waals surface area contributed by atoms with Crippen LogP contribution in [0.5, 0.6) is 0 Å². The number of para-hydroxylation sites is 2. The van der Waals surface area contributed by atoms with Gasteiger partial charge in [0.05, 0.1) is 29.0 Å². The molecule has 7 heteroatoms. The lowest BCUT2D eigenvalue weighted by molar-refractivity contribution is -0.144. The summed E-state index contributed by atoms with van der Waals surface area (Å²) in [6, 6.07) is 6.74. The Morgan fingerprint density at radius 3 is 2.31 bits per heavy atom. The number of fused-ring (bicyclic) bond motifs is 1. The van der Waals surface area contributed by atoms with E-state index < -0.39 is 17.8 Å². The van der Waals surface area contributed by atoms with E-state index >= 15 is 0 Å². The molecular formula is C19H20N4O3. The fraction of sp³-hybridized carbons (Fsp3) is 0.421. The molecule has 2 aliphatic rings. The molecule has 2 aromatic rings. The summed E-state index contributed by atoms with van der Waals surface area (Å²) in [7, 11) is 0. The molecule has 4 amide bonds. The molecule has 2 fully saturated rings. The van der Waals surface area contributed by atoms with Crippen molar-refractivity contribution in [3.05, 3.63) is 35.7 Å². The number of rotatable bonds is 3. The van der Waals surface area contributed by atoms with Crippen LogP contribution in [0.2, 0.25) is 0 Å². The normalized spacial score (nSPS) is 19.0. The minimum atomic E-state index is -0.769. The Morgan fingerprint density at radius 1 is 0.962 bits per heavy atom. The van der Waals surface area contributed by atoms with E-state index in [-0.39, 0.29) is 12.6 Å². The fourth-order valence-electron chi connectivity index (χ4n) is 3.75. The quantitative estimate of drug-likeness (QED) is 0.626. The highest BCUT2D eigenvalue weighted by molar-refractivity contribution is 6.44. The first-order valence-electron chi connectivity index (χ1n) is 8.97. The zero-order valence-electron chi connectivity index (χ0n) is 14.6. The maximum absolute atomic E-state index is 12.8. The molecule has 1 aromatic heterocycles. The summed E-state index contributed by atoms with van der Waals surface area (Å²) < 4.78 is 0. The summed E-state index contributed by atoms with van der Waals surface area (Å²) in [6.07, 6.45) is 4.60. The van der Waals surface area contributed by atoms with Crippen LogP contribution in [0.25, 0.3) is 11.0 Å². The number of hydrogen-bond donors (Lipinski definition) is 0. The second-order valence-corrected chi connectivity index (χ2v) is 6.89. The molecule has 26 heavy (non-hydrogen) atoms. The van der Waals surface area contributed by atoms with Gasteiger partial charge in [-0.3, -0.25) is 14.5 Å². The Morgan fingerprint density at radius 2 is 1.62 bits per heavy atom. The number of nitrogens with zero attached hydrogens (tertiary/aromatic N) is 4. The Labute approximate surface area is 151 Å². The van der Waals surface area contributed by atoms with Crippen molar-refractivity contribution in [2.75, 3.05) is 0 Å². The topological polar surface area (TPSA) is 83.5 Å². The van der Waals surface area contributed by atoms with Crippen molar-refractivity contribution in [3.8, 4) is 0 Å². The van der Waals surface area contributed by atoms with E-state index in [1.165, 1.54) is 0 Å². The van der Waals surface area contributed by atoms with Gasteiger partial charge in [0, 0.05) is 6.04 Å². The molecule has 0 spiro atoms. The van der Waals surface area contributed by atoms with Gasteiger partial charge in [0.2, 0.25) is 0 Å². The van der Waals surface area contributed by atoms with Crippen molar-refractivity contribution in [2.24, 2.45) is 0 Å². The average Bonchev–Trinajstić information content (AvgIpc) is 2.86. The van der Waals surface area contributed by atoms with E-state index in [0.29, 0.717) is 16.9 Å². The van der Waals surface area contributed by atoms with Gasteiger partial charge in [-0.25, -0.2) is 19.7 Å². The summed E-state index contributed by atoms with van der Waals surface area (Å²) in [5.74, 6) is -1.48. The number of benzene rings is 1. The summed E-state index contributed by atoms with van der Waals surface area (Å²) in [5, 5.41) is 0. The van der Waals surface area contributed by atoms with Gasteiger partial charge in [0.1, 0.15) is 0 Å². The average molecular weight is 352 g/mol. The molecule has 0 bridgehead atoms. The van der Waals surface area contributed by atoms with Gasteiger partial charge in [0.25, 0.3) is 0 Å². The maximum Gasteiger partial charge on any atom is 0.334 e. The summed E-state index contributed by atoms with van der Waals surface area (Å²) >= 11 is 0. The molecule has 0 atom stereocenters. The molecule has 7 nitrogen and oxygen atoms in total.